The maximum Gasteiger partial charge on any atom is 0.0636 e. The molecular weight excluding hydrogens is 210 g/mol. The van der Waals surface area contributed by atoms with Gasteiger partial charge in [-0.1, -0.05) is 0 Å². The Labute approximate surface area is 101 Å². The normalized spacial score (nSPS) is 19.1. The first-order valence-corrected chi connectivity index (χ1v) is 6.14. The summed E-state index contributed by atoms with van der Waals surface area (Å²) in [5, 5.41) is 0. The largest absolute Gasteiger partial charge is 0.324 e. The van der Waals surface area contributed by atoms with Gasteiger partial charge in [0.1, 0.15) is 0 Å². The molecule has 17 heavy (non-hydrogen) atoms. The molecular formula is C14H17N3. The van der Waals surface area contributed by atoms with E-state index in [2.05, 4.69) is 27.9 Å². The minimum Gasteiger partial charge on any atom is -0.324 e. The Kier molecular flexibility index (Phi) is 2.48. The second kappa shape index (κ2) is 4.00. The maximum absolute atomic E-state index is 6.13. The lowest BCUT2D eigenvalue weighted by Gasteiger charge is -2.20. The van der Waals surface area contributed by atoms with Crippen LogP contribution in [-0.4, -0.2) is 9.55 Å². The molecule has 0 spiro atoms. The van der Waals surface area contributed by atoms with Gasteiger partial charge in [0.05, 0.1) is 11.9 Å². The van der Waals surface area contributed by atoms with Crippen molar-refractivity contribution in [2.24, 2.45) is 5.73 Å². The van der Waals surface area contributed by atoms with E-state index < -0.39 is 0 Å². The van der Waals surface area contributed by atoms with Gasteiger partial charge in [-0.2, -0.15) is 0 Å². The molecule has 0 saturated carbocycles. The van der Waals surface area contributed by atoms with Gasteiger partial charge in [-0.15, -0.1) is 0 Å². The van der Waals surface area contributed by atoms with Crippen molar-refractivity contribution in [3.8, 4) is 5.69 Å². The highest BCUT2D eigenvalue weighted by atomic mass is 15.0. The zero-order chi connectivity index (χ0) is 11.8. The van der Waals surface area contributed by atoms with Crippen LogP contribution in [0.25, 0.3) is 5.69 Å². The second-order valence-corrected chi connectivity index (χ2v) is 4.74. The number of pyridine rings is 1. The topological polar surface area (TPSA) is 43.8 Å². The Balaban J connectivity index is 2.07. The predicted molar refractivity (Wildman–Crippen MR) is 68.2 cm³/mol. The standard InChI is InChI=1S/C14H17N3/c1-10-5-6-11(9-16-10)17-8-7-12-13(15)3-2-4-14(12)17/h5-9,13H,2-4,15H2,1H3. The third kappa shape index (κ3) is 1.76. The fourth-order valence-corrected chi connectivity index (χ4v) is 2.57. The van der Waals surface area contributed by atoms with Crippen molar-refractivity contribution in [3.63, 3.8) is 0 Å². The van der Waals surface area contributed by atoms with E-state index in [0.29, 0.717) is 0 Å². The van der Waals surface area contributed by atoms with E-state index in [9.17, 15) is 0 Å². The molecule has 1 aliphatic rings. The van der Waals surface area contributed by atoms with E-state index in [1.165, 1.54) is 17.7 Å². The fraction of sp³-hybridized carbons (Fsp3) is 0.357. The highest BCUT2D eigenvalue weighted by molar-refractivity contribution is 5.39. The monoisotopic (exact) mass is 227 g/mol. The number of hydrogen-bond donors (Lipinski definition) is 1. The van der Waals surface area contributed by atoms with Crippen molar-refractivity contribution in [1.82, 2.24) is 9.55 Å². The molecule has 1 unspecified atom stereocenters. The van der Waals surface area contributed by atoms with Crippen LogP contribution in [0.5, 0.6) is 0 Å². The molecule has 0 bridgehead atoms. The average molecular weight is 227 g/mol. The fourth-order valence-electron chi connectivity index (χ4n) is 2.57. The van der Waals surface area contributed by atoms with E-state index in [1.807, 2.05) is 19.2 Å². The molecule has 3 rings (SSSR count). The lowest BCUT2D eigenvalue weighted by atomic mass is 9.93. The number of aryl methyl sites for hydroxylation is 1. The summed E-state index contributed by atoms with van der Waals surface area (Å²) in [6.45, 7) is 2.00. The van der Waals surface area contributed by atoms with Crippen LogP contribution in [-0.2, 0) is 6.42 Å². The van der Waals surface area contributed by atoms with Crippen molar-refractivity contribution in [2.75, 3.05) is 0 Å². The van der Waals surface area contributed by atoms with Crippen molar-refractivity contribution >= 4 is 0 Å². The smallest absolute Gasteiger partial charge is 0.0636 e. The van der Waals surface area contributed by atoms with E-state index in [0.717, 1.165) is 24.2 Å². The van der Waals surface area contributed by atoms with Crippen LogP contribution in [0, 0.1) is 6.92 Å². The van der Waals surface area contributed by atoms with Gasteiger partial charge >= 0.3 is 0 Å². The third-order valence-corrected chi connectivity index (χ3v) is 3.53. The van der Waals surface area contributed by atoms with Crippen molar-refractivity contribution in [1.29, 1.82) is 0 Å². The summed E-state index contributed by atoms with van der Waals surface area (Å²) in [6, 6.07) is 6.52. The lowest BCUT2D eigenvalue weighted by molar-refractivity contribution is 0.560. The lowest BCUT2D eigenvalue weighted by Crippen LogP contribution is -2.17. The van der Waals surface area contributed by atoms with Crippen LogP contribution in [0.4, 0.5) is 0 Å². The average Bonchev–Trinajstić information content (AvgIpc) is 2.75. The van der Waals surface area contributed by atoms with Crippen molar-refractivity contribution < 1.29 is 0 Å². The first kappa shape index (κ1) is 10.5. The summed E-state index contributed by atoms with van der Waals surface area (Å²) in [4.78, 5) is 4.35. The quantitative estimate of drug-likeness (QED) is 0.813. The van der Waals surface area contributed by atoms with Gasteiger partial charge in [0.25, 0.3) is 0 Å². The van der Waals surface area contributed by atoms with Crippen LogP contribution in [0.2, 0.25) is 0 Å². The molecule has 2 aromatic heterocycles. The number of aromatic nitrogens is 2. The number of rotatable bonds is 1. The summed E-state index contributed by atoms with van der Waals surface area (Å²) in [6.07, 6.45) is 7.43. The Morgan fingerprint density at radius 1 is 1.35 bits per heavy atom. The minimum atomic E-state index is 0.207. The Morgan fingerprint density at radius 2 is 2.24 bits per heavy atom. The second-order valence-electron chi connectivity index (χ2n) is 4.74. The number of hydrogen-bond acceptors (Lipinski definition) is 2. The Morgan fingerprint density at radius 3 is 3.00 bits per heavy atom. The SMILES string of the molecule is Cc1ccc(-n2ccc3c2CCCC3N)cn1. The van der Waals surface area contributed by atoms with Gasteiger partial charge in [-0.3, -0.25) is 4.98 Å². The molecule has 1 atom stereocenters. The molecule has 0 aromatic carbocycles. The molecule has 2 N–H and O–H groups in total. The number of nitrogens with two attached hydrogens (primary N) is 1. The predicted octanol–water partition coefficient (Wildman–Crippen LogP) is 2.52. The van der Waals surface area contributed by atoms with Crippen molar-refractivity contribution in [2.45, 2.75) is 32.2 Å². The molecule has 0 saturated heterocycles. The number of nitrogens with zero attached hydrogens (tertiary/aromatic N) is 2. The summed E-state index contributed by atoms with van der Waals surface area (Å²) in [5.74, 6) is 0. The van der Waals surface area contributed by atoms with Crippen molar-refractivity contribution in [3.05, 3.63) is 47.5 Å². The molecule has 2 aromatic rings. The van der Waals surface area contributed by atoms with Crippen LogP contribution >= 0.6 is 0 Å². The van der Waals surface area contributed by atoms with Crippen LogP contribution in [0.15, 0.2) is 30.6 Å². The van der Waals surface area contributed by atoms with Gasteiger partial charge in [0.2, 0.25) is 0 Å². The highest BCUT2D eigenvalue weighted by Gasteiger charge is 2.20. The molecule has 0 aliphatic heterocycles. The van der Waals surface area contributed by atoms with Crippen LogP contribution in [0.3, 0.4) is 0 Å². The summed E-state index contributed by atoms with van der Waals surface area (Å²) in [5.41, 5.74) is 11.0. The Hall–Kier alpha value is -1.61. The van der Waals surface area contributed by atoms with E-state index in [-0.39, 0.29) is 6.04 Å². The summed E-state index contributed by atoms with van der Waals surface area (Å²) < 4.78 is 2.22. The number of fused-ring (bicyclic) bond motifs is 1. The highest BCUT2D eigenvalue weighted by Crippen LogP contribution is 2.30. The Bertz CT molecular complexity index is 525. The first-order valence-electron chi connectivity index (χ1n) is 6.14. The van der Waals surface area contributed by atoms with Gasteiger partial charge in [-0.25, -0.2) is 0 Å². The van der Waals surface area contributed by atoms with E-state index in [4.69, 9.17) is 5.73 Å². The summed E-state index contributed by atoms with van der Waals surface area (Å²) >= 11 is 0. The maximum atomic E-state index is 6.13. The van der Waals surface area contributed by atoms with E-state index >= 15 is 0 Å². The van der Waals surface area contributed by atoms with Crippen LogP contribution in [0.1, 0.15) is 35.8 Å². The molecule has 3 nitrogen and oxygen atoms in total. The first-order chi connectivity index (χ1) is 8.25. The molecule has 0 amide bonds. The van der Waals surface area contributed by atoms with E-state index in [1.54, 1.807) is 0 Å². The van der Waals surface area contributed by atoms with Gasteiger partial charge in [0.15, 0.2) is 0 Å². The van der Waals surface area contributed by atoms with Gasteiger partial charge in [-0.05, 0) is 49.9 Å². The van der Waals surface area contributed by atoms with Gasteiger partial charge in [0, 0.05) is 23.6 Å². The minimum absolute atomic E-state index is 0.207. The molecule has 0 radical (unpaired) electrons. The zero-order valence-electron chi connectivity index (χ0n) is 10.1. The molecule has 2 heterocycles. The zero-order valence-corrected chi connectivity index (χ0v) is 10.1. The third-order valence-electron chi connectivity index (χ3n) is 3.53. The molecule has 88 valence electrons. The van der Waals surface area contributed by atoms with Gasteiger partial charge < -0.3 is 10.3 Å². The van der Waals surface area contributed by atoms with Crippen LogP contribution < -0.4 is 5.73 Å². The molecule has 1 aliphatic carbocycles. The molecule has 3 heteroatoms. The molecule has 0 fully saturated rings. The summed E-state index contributed by atoms with van der Waals surface area (Å²) in [7, 11) is 0.